The fraction of sp³-hybridized carbons (Fsp3) is 0.333. The van der Waals surface area contributed by atoms with Gasteiger partial charge in [-0.2, -0.15) is 0 Å². The van der Waals surface area contributed by atoms with Gasteiger partial charge in [0, 0.05) is 0 Å². The summed E-state index contributed by atoms with van der Waals surface area (Å²) in [6, 6.07) is 0. The van der Waals surface area contributed by atoms with Crippen LogP contribution in [0.5, 0.6) is 0 Å². The fourth-order valence-corrected chi connectivity index (χ4v) is 0.974. The molecule has 15 heavy (non-hydrogen) atoms. The minimum Gasteiger partial charge on any atom is -0.0961 e. The lowest BCUT2D eigenvalue weighted by Gasteiger charge is -1.93. The molecule has 0 spiro atoms. The first-order chi connectivity index (χ1) is 7.06. The second-order valence-electron chi connectivity index (χ2n) is 3.86. The number of hydrogen-bond acceptors (Lipinski definition) is 0. The van der Waals surface area contributed by atoms with Gasteiger partial charge in [0.25, 0.3) is 0 Å². The van der Waals surface area contributed by atoms with Crippen molar-refractivity contribution in [3.8, 4) is 0 Å². The predicted octanol–water partition coefficient (Wildman–Crippen LogP) is 4.98. The Kier molecular flexibility index (Phi) is 7.35. The highest BCUT2D eigenvalue weighted by Crippen LogP contribution is 2.04. The summed E-state index contributed by atoms with van der Waals surface area (Å²) in [4.78, 5) is 0. The van der Waals surface area contributed by atoms with E-state index in [1.807, 2.05) is 13.8 Å². The number of hydrogen-bond donors (Lipinski definition) is 0. The highest BCUT2D eigenvalue weighted by Gasteiger charge is 1.83. The van der Waals surface area contributed by atoms with Gasteiger partial charge < -0.3 is 0 Å². The van der Waals surface area contributed by atoms with Crippen LogP contribution in [-0.4, -0.2) is 0 Å². The third-order valence-electron chi connectivity index (χ3n) is 2.04. The van der Waals surface area contributed by atoms with Gasteiger partial charge >= 0.3 is 0 Å². The Bertz CT molecular complexity index is 309. The molecule has 0 heterocycles. The third kappa shape index (κ3) is 9.01. The van der Waals surface area contributed by atoms with Gasteiger partial charge in [0.1, 0.15) is 0 Å². The summed E-state index contributed by atoms with van der Waals surface area (Å²) in [5.41, 5.74) is 3.74. The van der Waals surface area contributed by atoms with Gasteiger partial charge in [-0.15, -0.1) is 0 Å². The standard InChI is InChI=1S/C15H22/c1-6-14(4)10-8-12-15(5)11-7-9-13(2)3/h6-10,12H,2,11H2,1,3-5H3/b9-7+,10-8+,14-6+,15-12+. The zero-order chi connectivity index (χ0) is 11.7. The topological polar surface area (TPSA) is 0 Å². The van der Waals surface area contributed by atoms with Crippen LogP contribution >= 0.6 is 0 Å². The Morgan fingerprint density at radius 3 is 2.33 bits per heavy atom. The molecule has 0 heteroatoms. The van der Waals surface area contributed by atoms with E-state index >= 15 is 0 Å². The SMILES string of the molecule is C=C(C)/C=C/C/C(C)=C/C=C/C(C)=C/C. The summed E-state index contributed by atoms with van der Waals surface area (Å²) < 4.78 is 0. The maximum absolute atomic E-state index is 3.82. The monoisotopic (exact) mass is 202 g/mol. The van der Waals surface area contributed by atoms with Gasteiger partial charge in [0.2, 0.25) is 0 Å². The van der Waals surface area contributed by atoms with Gasteiger partial charge in [-0.05, 0) is 34.1 Å². The molecular formula is C15H22. The predicted molar refractivity (Wildman–Crippen MR) is 70.9 cm³/mol. The molecule has 0 nitrogen and oxygen atoms in total. The number of allylic oxidation sites excluding steroid dienone is 9. The van der Waals surface area contributed by atoms with Gasteiger partial charge in [0.05, 0.1) is 0 Å². The molecule has 0 saturated carbocycles. The van der Waals surface area contributed by atoms with Crippen LogP contribution in [0.15, 0.2) is 59.8 Å². The van der Waals surface area contributed by atoms with Gasteiger partial charge in [-0.3, -0.25) is 0 Å². The second-order valence-corrected chi connectivity index (χ2v) is 3.86. The van der Waals surface area contributed by atoms with Crippen LogP contribution in [0.1, 0.15) is 34.1 Å². The molecular weight excluding hydrogens is 180 g/mol. The van der Waals surface area contributed by atoms with Crippen LogP contribution in [0.2, 0.25) is 0 Å². The van der Waals surface area contributed by atoms with Crippen molar-refractivity contribution in [3.63, 3.8) is 0 Å². The molecule has 0 unspecified atom stereocenters. The molecule has 0 aromatic rings. The molecule has 0 rings (SSSR count). The van der Waals surface area contributed by atoms with E-state index in [2.05, 4.69) is 56.9 Å². The lowest BCUT2D eigenvalue weighted by Crippen LogP contribution is -1.72. The van der Waals surface area contributed by atoms with E-state index in [4.69, 9.17) is 0 Å². The molecule has 0 aliphatic rings. The van der Waals surface area contributed by atoms with E-state index in [0.29, 0.717) is 0 Å². The Morgan fingerprint density at radius 1 is 1.13 bits per heavy atom. The van der Waals surface area contributed by atoms with Crippen molar-refractivity contribution in [2.24, 2.45) is 0 Å². The van der Waals surface area contributed by atoms with Crippen LogP contribution in [-0.2, 0) is 0 Å². The zero-order valence-corrected chi connectivity index (χ0v) is 10.4. The first kappa shape index (κ1) is 13.7. The molecule has 0 radical (unpaired) electrons. The molecule has 0 aliphatic heterocycles. The van der Waals surface area contributed by atoms with Crippen molar-refractivity contribution in [3.05, 3.63) is 59.8 Å². The van der Waals surface area contributed by atoms with Crippen LogP contribution in [0.4, 0.5) is 0 Å². The van der Waals surface area contributed by atoms with Crippen molar-refractivity contribution < 1.29 is 0 Å². The summed E-state index contributed by atoms with van der Waals surface area (Å²) >= 11 is 0. The van der Waals surface area contributed by atoms with E-state index < -0.39 is 0 Å². The van der Waals surface area contributed by atoms with E-state index in [9.17, 15) is 0 Å². The molecule has 0 aromatic heterocycles. The Hall–Kier alpha value is -1.30. The maximum atomic E-state index is 3.82. The highest BCUT2D eigenvalue weighted by atomic mass is 13.9. The summed E-state index contributed by atoms with van der Waals surface area (Å²) in [6.07, 6.45) is 13.6. The minimum atomic E-state index is 0.992. The average molecular weight is 202 g/mol. The molecule has 0 fully saturated rings. The number of rotatable bonds is 5. The van der Waals surface area contributed by atoms with Gasteiger partial charge in [0.15, 0.2) is 0 Å². The third-order valence-corrected chi connectivity index (χ3v) is 2.04. The fourth-order valence-electron chi connectivity index (χ4n) is 0.974. The first-order valence-corrected chi connectivity index (χ1v) is 5.35. The Balaban J connectivity index is 4.10. The first-order valence-electron chi connectivity index (χ1n) is 5.35. The molecule has 0 saturated heterocycles. The molecule has 0 N–H and O–H groups in total. The van der Waals surface area contributed by atoms with E-state index in [0.717, 1.165) is 12.0 Å². The zero-order valence-electron chi connectivity index (χ0n) is 10.4. The maximum Gasteiger partial charge on any atom is -0.0135 e. The highest BCUT2D eigenvalue weighted by molar-refractivity contribution is 5.23. The molecule has 0 atom stereocenters. The van der Waals surface area contributed by atoms with E-state index in [1.165, 1.54) is 11.1 Å². The Morgan fingerprint density at radius 2 is 1.80 bits per heavy atom. The molecule has 0 bridgehead atoms. The Labute approximate surface area is 94.4 Å². The van der Waals surface area contributed by atoms with Crippen molar-refractivity contribution in [1.82, 2.24) is 0 Å². The lowest BCUT2D eigenvalue weighted by atomic mass is 10.1. The van der Waals surface area contributed by atoms with Gasteiger partial charge in [-0.1, -0.05) is 59.8 Å². The smallest absolute Gasteiger partial charge is 0.0135 e. The van der Waals surface area contributed by atoms with Crippen LogP contribution < -0.4 is 0 Å². The van der Waals surface area contributed by atoms with Gasteiger partial charge in [-0.25, -0.2) is 0 Å². The second kappa shape index (κ2) is 8.05. The quantitative estimate of drug-likeness (QED) is 0.552. The molecule has 82 valence electrons. The normalized spacial score (nSPS) is 14.1. The van der Waals surface area contributed by atoms with Crippen molar-refractivity contribution in [1.29, 1.82) is 0 Å². The summed E-state index contributed by atoms with van der Waals surface area (Å²) in [5, 5.41) is 0. The summed E-state index contributed by atoms with van der Waals surface area (Å²) in [7, 11) is 0. The largest absolute Gasteiger partial charge is 0.0961 e. The minimum absolute atomic E-state index is 0.992. The van der Waals surface area contributed by atoms with Crippen molar-refractivity contribution >= 4 is 0 Å². The van der Waals surface area contributed by atoms with Crippen molar-refractivity contribution in [2.45, 2.75) is 34.1 Å². The summed E-state index contributed by atoms with van der Waals surface area (Å²) in [6.45, 7) is 12.1. The molecule has 0 aliphatic carbocycles. The molecule has 0 aromatic carbocycles. The average Bonchev–Trinajstić information content (AvgIpc) is 2.17. The van der Waals surface area contributed by atoms with Crippen molar-refractivity contribution in [2.75, 3.05) is 0 Å². The van der Waals surface area contributed by atoms with E-state index in [-0.39, 0.29) is 0 Å². The summed E-state index contributed by atoms with van der Waals surface area (Å²) in [5.74, 6) is 0. The molecule has 0 amide bonds. The van der Waals surface area contributed by atoms with Crippen LogP contribution in [0.25, 0.3) is 0 Å². The van der Waals surface area contributed by atoms with E-state index in [1.54, 1.807) is 0 Å². The lowest BCUT2D eigenvalue weighted by molar-refractivity contribution is 1.21. The van der Waals surface area contributed by atoms with Crippen LogP contribution in [0, 0.1) is 0 Å². The van der Waals surface area contributed by atoms with Crippen LogP contribution in [0.3, 0.4) is 0 Å².